The molecule has 0 aromatic heterocycles. The van der Waals surface area contributed by atoms with Crippen molar-refractivity contribution in [2.45, 2.75) is 32.3 Å². The molecular weight excluding hydrogens is 254 g/mol. The number of ether oxygens (including phenoxy) is 2. The lowest BCUT2D eigenvalue weighted by Crippen LogP contribution is -2.37. The summed E-state index contributed by atoms with van der Waals surface area (Å²) in [6.07, 6.45) is 2.98. The van der Waals surface area contributed by atoms with Crippen molar-refractivity contribution in [3.8, 4) is 5.75 Å². The second kappa shape index (κ2) is 7.90. The minimum absolute atomic E-state index is 0.0870. The lowest BCUT2D eigenvalue weighted by Gasteiger charge is -2.14. The molecule has 1 atom stereocenters. The Labute approximate surface area is 120 Å². The van der Waals surface area contributed by atoms with Crippen LogP contribution in [-0.4, -0.2) is 31.8 Å². The number of hydrogen-bond acceptors (Lipinski definition) is 3. The molecule has 1 aliphatic carbocycles. The molecule has 20 heavy (non-hydrogen) atoms. The lowest BCUT2D eigenvalue weighted by atomic mass is 10.3. The number of nitrogens with one attached hydrogen (secondary N) is 1. The van der Waals surface area contributed by atoms with Gasteiger partial charge in [0.2, 0.25) is 0 Å². The highest BCUT2D eigenvalue weighted by Crippen LogP contribution is 2.28. The van der Waals surface area contributed by atoms with Crippen LogP contribution in [0.15, 0.2) is 30.3 Å². The second-order valence-electron chi connectivity index (χ2n) is 5.24. The molecule has 1 aliphatic rings. The molecule has 0 bridgehead atoms. The number of carbonyl (C=O) groups is 1. The molecule has 1 aromatic carbocycles. The standard InChI is InChI=1S/C16H23NO3/c1-13(20-15-6-3-2-4-7-15)16(18)17-10-5-11-19-12-14-8-9-14/h2-4,6-7,13-14H,5,8-12H2,1H3,(H,17,18). The molecule has 0 heterocycles. The highest BCUT2D eigenvalue weighted by atomic mass is 16.5. The number of carbonyl (C=O) groups excluding carboxylic acids is 1. The molecule has 0 aliphatic heterocycles. The quantitative estimate of drug-likeness (QED) is 0.705. The Morgan fingerprint density at radius 3 is 2.80 bits per heavy atom. The molecule has 0 radical (unpaired) electrons. The molecule has 1 aromatic rings. The van der Waals surface area contributed by atoms with Gasteiger partial charge >= 0.3 is 0 Å². The normalized spacial score (nSPS) is 15.7. The van der Waals surface area contributed by atoms with E-state index in [1.165, 1.54) is 12.8 Å². The van der Waals surface area contributed by atoms with Crippen molar-refractivity contribution in [3.63, 3.8) is 0 Å². The van der Waals surface area contributed by atoms with Crippen LogP contribution in [0.4, 0.5) is 0 Å². The Balaban J connectivity index is 1.54. The third kappa shape index (κ3) is 5.61. The van der Waals surface area contributed by atoms with E-state index in [2.05, 4.69) is 5.32 Å². The van der Waals surface area contributed by atoms with E-state index in [0.717, 1.165) is 18.9 Å². The summed E-state index contributed by atoms with van der Waals surface area (Å²) >= 11 is 0. The second-order valence-corrected chi connectivity index (χ2v) is 5.24. The fourth-order valence-electron chi connectivity index (χ4n) is 1.82. The summed E-state index contributed by atoms with van der Waals surface area (Å²) in [5, 5.41) is 2.86. The molecular formula is C16H23NO3. The summed E-state index contributed by atoms with van der Waals surface area (Å²) in [4.78, 5) is 11.8. The van der Waals surface area contributed by atoms with Gasteiger partial charge in [-0.3, -0.25) is 4.79 Å². The first-order valence-electron chi connectivity index (χ1n) is 7.33. The van der Waals surface area contributed by atoms with Crippen molar-refractivity contribution < 1.29 is 14.3 Å². The fourth-order valence-corrected chi connectivity index (χ4v) is 1.82. The van der Waals surface area contributed by atoms with E-state index in [1.807, 2.05) is 30.3 Å². The summed E-state index contributed by atoms with van der Waals surface area (Å²) in [6, 6.07) is 9.37. The van der Waals surface area contributed by atoms with Crippen LogP contribution in [0.2, 0.25) is 0 Å². The summed E-state index contributed by atoms with van der Waals surface area (Å²) in [5.74, 6) is 1.42. The fraction of sp³-hybridized carbons (Fsp3) is 0.562. The number of rotatable bonds is 9. The van der Waals surface area contributed by atoms with E-state index < -0.39 is 6.10 Å². The summed E-state index contributed by atoms with van der Waals surface area (Å²) in [5.41, 5.74) is 0. The molecule has 4 nitrogen and oxygen atoms in total. The Bertz CT molecular complexity index is 403. The number of para-hydroxylation sites is 1. The largest absolute Gasteiger partial charge is 0.481 e. The van der Waals surface area contributed by atoms with E-state index in [0.29, 0.717) is 18.9 Å². The third-order valence-electron chi connectivity index (χ3n) is 3.24. The molecule has 4 heteroatoms. The van der Waals surface area contributed by atoms with Crippen LogP contribution in [0.1, 0.15) is 26.2 Å². The van der Waals surface area contributed by atoms with Crippen molar-refractivity contribution >= 4 is 5.91 Å². The SMILES string of the molecule is CC(Oc1ccccc1)C(=O)NCCCOCC1CC1. The van der Waals surface area contributed by atoms with Gasteiger partial charge < -0.3 is 14.8 Å². The molecule has 1 amide bonds. The van der Waals surface area contributed by atoms with E-state index in [9.17, 15) is 4.79 Å². The van der Waals surface area contributed by atoms with Gasteiger partial charge in [-0.25, -0.2) is 0 Å². The van der Waals surface area contributed by atoms with Crippen LogP contribution in [0.25, 0.3) is 0 Å². The maximum Gasteiger partial charge on any atom is 0.260 e. The maximum absolute atomic E-state index is 11.8. The Morgan fingerprint density at radius 2 is 2.10 bits per heavy atom. The molecule has 0 saturated heterocycles. The average Bonchev–Trinajstić information content (AvgIpc) is 3.27. The predicted octanol–water partition coefficient (Wildman–Crippen LogP) is 2.39. The van der Waals surface area contributed by atoms with E-state index in [1.54, 1.807) is 6.92 Å². The summed E-state index contributed by atoms with van der Waals surface area (Å²) in [7, 11) is 0. The molecule has 1 N–H and O–H groups in total. The first-order valence-corrected chi connectivity index (χ1v) is 7.33. The monoisotopic (exact) mass is 277 g/mol. The maximum atomic E-state index is 11.8. The number of amides is 1. The van der Waals surface area contributed by atoms with Gasteiger partial charge in [0.25, 0.3) is 5.91 Å². The molecule has 1 unspecified atom stereocenters. The molecule has 0 spiro atoms. The minimum Gasteiger partial charge on any atom is -0.481 e. The van der Waals surface area contributed by atoms with E-state index in [4.69, 9.17) is 9.47 Å². The minimum atomic E-state index is -0.482. The molecule has 110 valence electrons. The average molecular weight is 277 g/mol. The van der Waals surface area contributed by atoms with E-state index >= 15 is 0 Å². The smallest absolute Gasteiger partial charge is 0.260 e. The molecule has 1 fully saturated rings. The van der Waals surface area contributed by atoms with Crippen LogP contribution in [0, 0.1) is 5.92 Å². The highest BCUT2D eigenvalue weighted by Gasteiger charge is 2.20. The van der Waals surface area contributed by atoms with Crippen molar-refractivity contribution in [1.29, 1.82) is 0 Å². The highest BCUT2D eigenvalue weighted by molar-refractivity contribution is 5.80. The molecule has 2 rings (SSSR count). The summed E-state index contributed by atoms with van der Waals surface area (Å²) < 4.78 is 11.1. The van der Waals surface area contributed by atoms with Crippen LogP contribution in [0.3, 0.4) is 0 Å². The lowest BCUT2D eigenvalue weighted by molar-refractivity contribution is -0.127. The number of benzene rings is 1. The zero-order chi connectivity index (χ0) is 14.2. The van der Waals surface area contributed by atoms with Gasteiger partial charge in [0.1, 0.15) is 5.75 Å². The van der Waals surface area contributed by atoms with Crippen LogP contribution in [0.5, 0.6) is 5.75 Å². The van der Waals surface area contributed by atoms with Crippen molar-refractivity contribution in [2.24, 2.45) is 5.92 Å². The zero-order valence-electron chi connectivity index (χ0n) is 12.0. The first kappa shape index (κ1) is 14.9. The van der Waals surface area contributed by atoms with Gasteiger partial charge in [0, 0.05) is 19.8 Å². The van der Waals surface area contributed by atoms with Gasteiger partial charge in [-0.05, 0) is 44.2 Å². The van der Waals surface area contributed by atoms with Gasteiger partial charge in [-0.1, -0.05) is 18.2 Å². The topological polar surface area (TPSA) is 47.6 Å². The Hall–Kier alpha value is -1.55. The zero-order valence-corrected chi connectivity index (χ0v) is 12.0. The first-order chi connectivity index (χ1) is 9.75. The van der Waals surface area contributed by atoms with Crippen molar-refractivity contribution in [2.75, 3.05) is 19.8 Å². The Kier molecular flexibility index (Phi) is 5.87. The van der Waals surface area contributed by atoms with Crippen LogP contribution < -0.4 is 10.1 Å². The third-order valence-corrected chi connectivity index (χ3v) is 3.24. The Morgan fingerprint density at radius 1 is 1.35 bits per heavy atom. The van der Waals surface area contributed by atoms with Gasteiger partial charge in [-0.2, -0.15) is 0 Å². The van der Waals surface area contributed by atoms with Crippen molar-refractivity contribution in [3.05, 3.63) is 30.3 Å². The van der Waals surface area contributed by atoms with Crippen molar-refractivity contribution in [1.82, 2.24) is 5.32 Å². The van der Waals surface area contributed by atoms with Gasteiger partial charge in [-0.15, -0.1) is 0 Å². The van der Waals surface area contributed by atoms with Gasteiger partial charge in [0.05, 0.1) is 0 Å². The van der Waals surface area contributed by atoms with E-state index in [-0.39, 0.29) is 5.91 Å². The van der Waals surface area contributed by atoms with Crippen LogP contribution >= 0.6 is 0 Å². The predicted molar refractivity (Wildman–Crippen MR) is 77.7 cm³/mol. The summed E-state index contributed by atoms with van der Waals surface area (Å²) in [6.45, 7) is 3.98. The number of hydrogen-bond donors (Lipinski definition) is 1. The van der Waals surface area contributed by atoms with Gasteiger partial charge in [0.15, 0.2) is 6.10 Å². The van der Waals surface area contributed by atoms with Crippen LogP contribution in [-0.2, 0) is 9.53 Å². The molecule has 1 saturated carbocycles.